The molecular formula is C17H14N4O4. The lowest BCUT2D eigenvalue weighted by atomic mass is 10.1. The van der Waals surface area contributed by atoms with Gasteiger partial charge in [0.2, 0.25) is 5.88 Å². The minimum atomic E-state index is -0.771. The number of aromatic nitrogens is 1. The number of pyridine rings is 1. The van der Waals surface area contributed by atoms with Gasteiger partial charge in [0.05, 0.1) is 6.61 Å². The number of nitriles is 1. The number of carbonyl (C=O) groups excluding carboxylic acids is 1. The second kappa shape index (κ2) is 6.49. The van der Waals surface area contributed by atoms with Crippen LogP contribution >= 0.6 is 0 Å². The molecule has 0 atom stereocenters. The lowest BCUT2D eigenvalue weighted by Crippen LogP contribution is -2.13. The van der Waals surface area contributed by atoms with Gasteiger partial charge in [0.25, 0.3) is 0 Å². The number of nitrogens with zero attached hydrogens (tertiary/aromatic N) is 4. The summed E-state index contributed by atoms with van der Waals surface area (Å²) in [5, 5.41) is 19.5. The average Bonchev–Trinajstić information content (AvgIpc) is 3.17. The Labute approximate surface area is 143 Å². The van der Waals surface area contributed by atoms with E-state index in [0.29, 0.717) is 11.4 Å². The summed E-state index contributed by atoms with van der Waals surface area (Å²) in [6, 6.07) is 3.60. The summed E-state index contributed by atoms with van der Waals surface area (Å²) >= 11 is 0. The third kappa shape index (κ3) is 2.83. The molecule has 2 aromatic heterocycles. The van der Waals surface area contributed by atoms with Crippen LogP contribution in [0.25, 0.3) is 11.6 Å². The van der Waals surface area contributed by atoms with E-state index in [2.05, 4.69) is 9.98 Å². The number of ether oxygens (including phenoxy) is 1. The standard InChI is InChI=1S/C17H14N4O4/c1-3-24-17(23)13-14(22)12(25-16(13)21(2)9-18)7-10-8-20-15-11(10)5-4-6-19-15/h4-8,22H,3H2,1-2H3. The first-order valence-electron chi connectivity index (χ1n) is 7.44. The Kier molecular flexibility index (Phi) is 4.22. The van der Waals surface area contributed by atoms with Gasteiger partial charge >= 0.3 is 5.97 Å². The summed E-state index contributed by atoms with van der Waals surface area (Å²) in [6.07, 6.45) is 6.57. The molecule has 3 heterocycles. The van der Waals surface area contributed by atoms with Crippen LogP contribution < -0.4 is 4.90 Å². The lowest BCUT2D eigenvalue weighted by Gasteiger charge is -2.06. The lowest BCUT2D eigenvalue weighted by molar-refractivity contribution is 0.0524. The Hall–Kier alpha value is -3.60. The van der Waals surface area contributed by atoms with E-state index < -0.39 is 11.7 Å². The molecule has 0 unspecified atom stereocenters. The fraction of sp³-hybridized carbons (Fsp3) is 0.176. The quantitative estimate of drug-likeness (QED) is 0.518. The SMILES string of the molecule is CCOC(=O)c1c(N(C)C#N)oc(C=C2C=Nc3ncccc32)c1O. The molecule has 8 heteroatoms. The average molecular weight is 338 g/mol. The highest BCUT2D eigenvalue weighted by atomic mass is 16.5. The molecule has 1 aliphatic heterocycles. The van der Waals surface area contributed by atoms with Crippen LogP contribution in [0.4, 0.5) is 11.7 Å². The number of rotatable bonds is 4. The van der Waals surface area contributed by atoms with Crippen LogP contribution in [-0.4, -0.2) is 35.9 Å². The number of fused-ring (bicyclic) bond motifs is 1. The first-order valence-corrected chi connectivity index (χ1v) is 7.44. The van der Waals surface area contributed by atoms with Crippen LogP contribution in [0.1, 0.15) is 28.6 Å². The molecule has 0 saturated carbocycles. The van der Waals surface area contributed by atoms with Gasteiger partial charge in [-0.3, -0.25) is 4.90 Å². The number of hydrogen-bond donors (Lipinski definition) is 1. The minimum absolute atomic E-state index is 0.0262. The normalized spacial score (nSPS) is 13.6. The van der Waals surface area contributed by atoms with Gasteiger partial charge < -0.3 is 14.3 Å². The van der Waals surface area contributed by atoms with Crippen LogP contribution in [0.3, 0.4) is 0 Å². The number of aromatic hydroxyl groups is 1. The molecule has 0 spiro atoms. The van der Waals surface area contributed by atoms with E-state index in [1.54, 1.807) is 25.4 Å². The first kappa shape index (κ1) is 16.3. The van der Waals surface area contributed by atoms with Crippen molar-refractivity contribution in [2.45, 2.75) is 6.92 Å². The Morgan fingerprint density at radius 1 is 1.56 bits per heavy atom. The summed E-state index contributed by atoms with van der Waals surface area (Å²) in [5.74, 6) is -0.675. The van der Waals surface area contributed by atoms with E-state index in [4.69, 9.17) is 14.4 Å². The van der Waals surface area contributed by atoms with Gasteiger partial charge in [-0.2, -0.15) is 5.26 Å². The van der Waals surface area contributed by atoms with Crippen molar-refractivity contribution in [2.24, 2.45) is 4.99 Å². The van der Waals surface area contributed by atoms with E-state index >= 15 is 0 Å². The Morgan fingerprint density at radius 2 is 2.36 bits per heavy atom. The number of furan rings is 1. The monoisotopic (exact) mass is 338 g/mol. The zero-order chi connectivity index (χ0) is 18.0. The Bertz CT molecular complexity index is 937. The zero-order valence-electron chi connectivity index (χ0n) is 13.6. The highest BCUT2D eigenvalue weighted by Gasteiger charge is 2.29. The summed E-state index contributed by atoms with van der Waals surface area (Å²) in [7, 11) is 1.41. The van der Waals surface area contributed by atoms with Crippen molar-refractivity contribution >= 4 is 35.5 Å². The predicted molar refractivity (Wildman–Crippen MR) is 90.6 cm³/mol. The van der Waals surface area contributed by atoms with Crippen LogP contribution in [0, 0.1) is 11.5 Å². The summed E-state index contributed by atoms with van der Waals surface area (Å²) in [6.45, 7) is 1.77. The maximum Gasteiger partial charge on any atom is 0.347 e. The van der Waals surface area contributed by atoms with Crippen LogP contribution in [0.5, 0.6) is 5.75 Å². The van der Waals surface area contributed by atoms with Gasteiger partial charge in [0.1, 0.15) is 0 Å². The molecule has 0 bridgehead atoms. The van der Waals surface area contributed by atoms with Crippen molar-refractivity contribution in [1.82, 2.24) is 4.98 Å². The molecule has 0 aromatic carbocycles. The maximum absolute atomic E-state index is 12.1. The Balaban J connectivity index is 2.10. The Morgan fingerprint density at radius 3 is 3.08 bits per heavy atom. The molecule has 0 radical (unpaired) electrons. The second-order valence-corrected chi connectivity index (χ2v) is 5.11. The third-order valence-corrected chi connectivity index (χ3v) is 3.54. The summed E-state index contributed by atoms with van der Waals surface area (Å²) in [5.41, 5.74) is 1.24. The topological polar surface area (TPSA) is 112 Å². The summed E-state index contributed by atoms with van der Waals surface area (Å²) < 4.78 is 10.5. The maximum atomic E-state index is 12.1. The fourth-order valence-corrected chi connectivity index (χ4v) is 2.38. The molecule has 0 saturated heterocycles. The van der Waals surface area contributed by atoms with Gasteiger partial charge in [0.15, 0.2) is 29.1 Å². The van der Waals surface area contributed by atoms with Crippen molar-refractivity contribution in [1.29, 1.82) is 5.26 Å². The van der Waals surface area contributed by atoms with Gasteiger partial charge in [0, 0.05) is 30.6 Å². The molecule has 3 rings (SSSR count). The molecule has 0 aliphatic carbocycles. The highest BCUT2D eigenvalue weighted by Crippen LogP contribution is 2.39. The van der Waals surface area contributed by atoms with E-state index in [-0.39, 0.29) is 23.8 Å². The molecule has 8 nitrogen and oxygen atoms in total. The molecule has 0 fully saturated rings. The van der Waals surface area contributed by atoms with Crippen LogP contribution in [0.2, 0.25) is 0 Å². The number of esters is 1. The molecular weight excluding hydrogens is 324 g/mol. The zero-order valence-corrected chi connectivity index (χ0v) is 13.6. The van der Waals surface area contributed by atoms with Crippen molar-refractivity contribution in [2.75, 3.05) is 18.6 Å². The van der Waals surface area contributed by atoms with Crippen LogP contribution in [0.15, 0.2) is 27.7 Å². The molecule has 2 aromatic rings. The van der Waals surface area contributed by atoms with E-state index in [1.165, 1.54) is 13.1 Å². The number of aliphatic imine (C=N–C) groups is 1. The first-order chi connectivity index (χ1) is 12.1. The summed E-state index contributed by atoms with van der Waals surface area (Å²) in [4.78, 5) is 21.5. The molecule has 25 heavy (non-hydrogen) atoms. The fourth-order valence-electron chi connectivity index (χ4n) is 2.38. The number of anilines is 1. The second-order valence-electron chi connectivity index (χ2n) is 5.11. The highest BCUT2D eigenvalue weighted by molar-refractivity contribution is 6.21. The number of carbonyl (C=O) groups is 1. The molecule has 126 valence electrons. The largest absolute Gasteiger partial charge is 0.504 e. The van der Waals surface area contributed by atoms with Crippen molar-refractivity contribution in [3.8, 4) is 11.9 Å². The predicted octanol–water partition coefficient (Wildman–Crippen LogP) is 2.73. The van der Waals surface area contributed by atoms with E-state index in [0.717, 1.165) is 10.5 Å². The number of hydrogen-bond acceptors (Lipinski definition) is 8. The van der Waals surface area contributed by atoms with Gasteiger partial charge in [-0.1, -0.05) is 0 Å². The van der Waals surface area contributed by atoms with Gasteiger partial charge in [-0.25, -0.2) is 14.8 Å². The van der Waals surface area contributed by atoms with Crippen LogP contribution in [-0.2, 0) is 4.74 Å². The smallest absolute Gasteiger partial charge is 0.347 e. The van der Waals surface area contributed by atoms with Crippen molar-refractivity contribution in [3.63, 3.8) is 0 Å². The molecule has 1 aliphatic rings. The van der Waals surface area contributed by atoms with Crippen molar-refractivity contribution in [3.05, 3.63) is 35.2 Å². The minimum Gasteiger partial charge on any atom is -0.504 e. The van der Waals surface area contributed by atoms with E-state index in [9.17, 15) is 9.90 Å². The van der Waals surface area contributed by atoms with E-state index in [1.807, 2.05) is 12.3 Å². The van der Waals surface area contributed by atoms with Gasteiger partial charge in [-0.15, -0.1) is 0 Å². The number of allylic oxidation sites excluding steroid dienone is 1. The molecule has 0 amide bonds. The van der Waals surface area contributed by atoms with Crippen molar-refractivity contribution < 1.29 is 19.1 Å². The van der Waals surface area contributed by atoms with Gasteiger partial charge in [-0.05, 0) is 25.1 Å². The molecule has 1 N–H and O–H groups in total. The third-order valence-electron chi connectivity index (χ3n) is 3.54.